The molecular weight excluding hydrogens is 262 g/mol. The topological polar surface area (TPSA) is 41.2 Å². The zero-order valence-corrected chi connectivity index (χ0v) is 11.0. The van der Waals surface area contributed by atoms with Gasteiger partial charge in [0, 0.05) is 18.2 Å². The first kappa shape index (κ1) is 14.9. The number of hydrogen-bond donors (Lipinski definition) is 1. The van der Waals surface area contributed by atoms with Crippen LogP contribution in [0.3, 0.4) is 0 Å². The highest BCUT2D eigenvalue weighted by Gasteiger charge is 2.10. The lowest BCUT2D eigenvalue weighted by molar-refractivity contribution is -0.687. The molecule has 0 bridgehead atoms. The number of carbonyl (C=O) groups is 1. The van der Waals surface area contributed by atoms with E-state index < -0.39 is 5.97 Å². The van der Waals surface area contributed by atoms with E-state index in [0.717, 1.165) is 11.3 Å². The predicted molar refractivity (Wildman–Crippen MR) is 69.6 cm³/mol. The summed E-state index contributed by atoms with van der Waals surface area (Å²) in [4.78, 5) is 10.8. The molecule has 1 heterocycles. The van der Waals surface area contributed by atoms with Crippen molar-refractivity contribution in [1.82, 2.24) is 0 Å². The average Bonchev–Trinajstić information content (AvgIpc) is 2.38. The highest BCUT2D eigenvalue weighted by atomic mass is 35.5. The van der Waals surface area contributed by atoms with Gasteiger partial charge in [-0.25, -0.2) is 4.79 Å². The van der Waals surface area contributed by atoms with Crippen molar-refractivity contribution in [3.8, 4) is 0 Å². The van der Waals surface area contributed by atoms with Crippen molar-refractivity contribution in [1.29, 1.82) is 0 Å². The van der Waals surface area contributed by atoms with Crippen LogP contribution < -0.4 is 17.0 Å². The predicted octanol–water partition coefficient (Wildman–Crippen LogP) is -0.767. The van der Waals surface area contributed by atoms with Gasteiger partial charge < -0.3 is 17.5 Å². The van der Waals surface area contributed by atoms with Gasteiger partial charge in [0.2, 0.25) is 12.2 Å². The van der Waals surface area contributed by atoms with Crippen LogP contribution in [0.15, 0.2) is 54.7 Å². The number of aliphatic carboxylic acids is 1. The summed E-state index contributed by atoms with van der Waals surface area (Å²) in [6, 6.07) is 15.5. The molecule has 1 N–H and O–H groups in total. The molecule has 0 amide bonds. The second-order valence-corrected chi connectivity index (χ2v) is 3.89. The molecule has 0 radical (unpaired) electrons. The van der Waals surface area contributed by atoms with Gasteiger partial charge in [0.05, 0.1) is 0 Å². The van der Waals surface area contributed by atoms with Crippen molar-refractivity contribution < 1.29 is 26.9 Å². The third kappa shape index (κ3) is 4.56. The Hall–Kier alpha value is -2.13. The number of carboxylic acid groups (broad SMARTS) is 1. The molecule has 4 heteroatoms. The Kier molecular flexibility index (Phi) is 5.76. The number of halogens is 1. The molecule has 0 aliphatic rings. The van der Waals surface area contributed by atoms with Crippen LogP contribution in [0.25, 0.3) is 12.2 Å². The maximum absolute atomic E-state index is 10.8. The second kappa shape index (κ2) is 7.34. The molecule has 0 spiro atoms. The molecule has 0 aliphatic carbocycles. The first-order valence-corrected chi connectivity index (χ1v) is 5.69. The fourth-order valence-corrected chi connectivity index (χ4v) is 1.68. The van der Waals surface area contributed by atoms with E-state index in [2.05, 4.69) is 0 Å². The Labute approximate surface area is 118 Å². The lowest BCUT2D eigenvalue weighted by Crippen LogP contribution is -3.00. The van der Waals surface area contributed by atoms with Crippen molar-refractivity contribution in [3.63, 3.8) is 0 Å². The molecular formula is C15H14ClNO2. The summed E-state index contributed by atoms with van der Waals surface area (Å²) < 4.78 is 1.70. The van der Waals surface area contributed by atoms with Gasteiger partial charge >= 0.3 is 5.97 Å². The molecule has 19 heavy (non-hydrogen) atoms. The first-order valence-electron chi connectivity index (χ1n) is 5.69. The largest absolute Gasteiger partial charge is 1.00 e. The number of nitrogens with zero attached hydrogens (tertiary/aromatic N) is 1. The summed E-state index contributed by atoms with van der Waals surface area (Å²) in [6.07, 6.45) is 5.64. The van der Waals surface area contributed by atoms with Crippen LogP contribution in [-0.2, 0) is 11.3 Å². The lowest BCUT2D eigenvalue weighted by atomic mass is 10.2. The fraction of sp³-hybridized carbons (Fsp3) is 0.0667. The minimum Gasteiger partial charge on any atom is -1.00 e. The van der Waals surface area contributed by atoms with Crippen molar-refractivity contribution in [2.45, 2.75) is 6.54 Å². The van der Waals surface area contributed by atoms with Crippen LogP contribution in [0.5, 0.6) is 0 Å². The maximum atomic E-state index is 10.8. The normalized spacial score (nSPS) is 10.1. The molecule has 0 aliphatic heterocycles. The minimum absolute atomic E-state index is 0. The Morgan fingerprint density at radius 1 is 1.05 bits per heavy atom. The maximum Gasteiger partial charge on any atom is 0.370 e. The van der Waals surface area contributed by atoms with Crippen molar-refractivity contribution >= 4 is 18.1 Å². The van der Waals surface area contributed by atoms with Crippen LogP contribution in [-0.4, -0.2) is 11.1 Å². The molecule has 98 valence electrons. The monoisotopic (exact) mass is 275 g/mol. The van der Waals surface area contributed by atoms with Gasteiger partial charge in [0.1, 0.15) is 0 Å². The van der Waals surface area contributed by atoms with Crippen molar-refractivity contribution in [2.24, 2.45) is 0 Å². The van der Waals surface area contributed by atoms with Crippen LogP contribution in [0.4, 0.5) is 0 Å². The molecule has 2 aromatic rings. The quantitative estimate of drug-likeness (QED) is 0.745. The van der Waals surface area contributed by atoms with Crippen molar-refractivity contribution in [2.75, 3.05) is 0 Å². The van der Waals surface area contributed by atoms with Crippen LogP contribution in [0, 0.1) is 0 Å². The van der Waals surface area contributed by atoms with Gasteiger partial charge in [-0.05, 0) is 17.7 Å². The number of pyridine rings is 1. The highest BCUT2D eigenvalue weighted by molar-refractivity contribution is 5.67. The lowest BCUT2D eigenvalue weighted by Gasteiger charge is -1.97. The molecule has 0 fully saturated rings. The number of hydrogen-bond acceptors (Lipinski definition) is 1. The standard InChI is InChI=1S/C15H13NO2.ClH/c17-15(18)12-16-11-5-4-8-14(16)10-9-13-6-2-1-3-7-13;/h1-11H,12H2;1H/b10-9+;. The zero-order valence-electron chi connectivity index (χ0n) is 10.2. The highest BCUT2D eigenvalue weighted by Crippen LogP contribution is 2.04. The summed E-state index contributed by atoms with van der Waals surface area (Å²) >= 11 is 0. The minimum atomic E-state index is -0.847. The van der Waals surface area contributed by atoms with Gasteiger partial charge in [-0.15, -0.1) is 0 Å². The fourth-order valence-electron chi connectivity index (χ4n) is 1.68. The van der Waals surface area contributed by atoms with Gasteiger partial charge in [-0.3, -0.25) is 0 Å². The van der Waals surface area contributed by atoms with Gasteiger partial charge in [-0.2, -0.15) is 4.57 Å². The molecule has 0 saturated heterocycles. The molecule has 3 nitrogen and oxygen atoms in total. The summed E-state index contributed by atoms with van der Waals surface area (Å²) in [5.74, 6) is -0.847. The smallest absolute Gasteiger partial charge is 0.370 e. The Morgan fingerprint density at radius 3 is 2.42 bits per heavy atom. The van der Waals surface area contributed by atoms with Gasteiger partial charge in [0.15, 0.2) is 6.20 Å². The Morgan fingerprint density at radius 2 is 1.74 bits per heavy atom. The number of carboxylic acids is 1. The van der Waals surface area contributed by atoms with Gasteiger partial charge in [-0.1, -0.05) is 30.3 Å². The van der Waals surface area contributed by atoms with Crippen molar-refractivity contribution in [3.05, 3.63) is 66.0 Å². The van der Waals surface area contributed by atoms with E-state index in [-0.39, 0.29) is 19.0 Å². The number of benzene rings is 1. The second-order valence-electron chi connectivity index (χ2n) is 3.89. The molecule has 0 unspecified atom stereocenters. The molecule has 1 aromatic carbocycles. The van der Waals surface area contributed by atoms with E-state index in [1.165, 1.54) is 0 Å². The van der Waals surface area contributed by atoms with Crippen LogP contribution >= 0.6 is 0 Å². The number of aromatic nitrogens is 1. The van der Waals surface area contributed by atoms with E-state index in [0.29, 0.717) is 0 Å². The summed E-state index contributed by atoms with van der Waals surface area (Å²) in [5, 5.41) is 8.83. The van der Waals surface area contributed by atoms with E-state index in [4.69, 9.17) is 5.11 Å². The van der Waals surface area contributed by atoms with Gasteiger partial charge in [0.25, 0.3) is 0 Å². The Bertz CT molecular complexity index is 567. The summed E-state index contributed by atoms with van der Waals surface area (Å²) in [5.41, 5.74) is 1.95. The average molecular weight is 276 g/mol. The third-order valence-electron chi connectivity index (χ3n) is 2.53. The summed E-state index contributed by atoms with van der Waals surface area (Å²) in [7, 11) is 0. The molecule has 0 saturated carbocycles. The van der Waals surface area contributed by atoms with Crippen LogP contribution in [0.1, 0.15) is 11.3 Å². The first-order chi connectivity index (χ1) is 8.75. The Balaban J connectivity index is 0.00000180. The van der Waals surface area contributed by atoms with E-state index in [1.807, 2.05) is 60.7 Å². The van der Waals surface area contributed by atoms with Crippen LogP contribution in [0.2, 0.25) is 0 Å². The van der Waals surface area contributed by atoms with E-state index in [9.17, 15) is 4.79 Å². The van der Waals surface area contributed by atoms with E-state index >= 15 is 0 Å². The number of rotatable bonds is 4. The zero-order chi connectivity index (χ0) is 12.8. The SMILES string of the molecule is O=C(O)C[n+]1ccccc1/C=C/c1ccccc1.[Cl-]. The third-order valence-corrected chi connectivity index (χ3v) is 2.53. The summed E-state index contributed by atoms with van der Waals surface area (Å²) in [6.45, 7) is -0.0324. The molecule has 1 aromatic heterocycles. The van der Waals surface area contributed by atoms with E-state index in [1.54, 1.807) is 10.8 Å². The molecule has 2 rings (SSSR count). The molecule has 0 atom stereocenters.